The van der Waals surface area contributed by atoms with Crippen molar-refractivity contribution in [3.05, 3.63) is 88.7 Å². The molecule has 0 unspecified atom stereocenters. The van der Waals surface area contributed by atoms with Crippen LogP contribution in [0.1, 0.15) is 41.8 Å². The lowest BCUT2D eigenvalue weighted by molar-refractivity contribution is -0.0969. The van der Waals surface area contributed by atoms with Crippen molar-refractivity contribution in [3.8, 4) is 0 Å². The van der Waals surface area contributed by atoms with Crippen LogP contribution in [0.2, 0.25) is 0 Å². The van der Waals surface area contributed by atoms with Crippen molar-refractivity contribution in [1.82, 2.24) is 18.8 Å². The first kappa shape index (κ1) is 26.2. The molecule has 3 N–H and O–H groups in total. The van der Waals surface area contributed by atoms with E-state index in [4.69, 9.17) is 15.2 Å². The number of carbonyl (C=O) groups excluding carboxylic acids is 1. The Bertz CT molecular complexity index is 1430. The minimum atomic E-state index is -4.30. The van der Waals surface area contributed by atoms with E-state index in [1.807, 2.05) is 17.7 Å². The van der Waals surface area contributed by atoms with Crippen LogP contribution in [0.25, 0.3) is 0 Å². The third-order valence-corrected chi connectivity index (χ3v) is 8.00. The molecule has 3 atom stereocenters. The number of aromatic nitrogens is 2. The summed E-state index contributed by atoms with van der Waals surface area (Å²) in [6.07, 6.45) is -0.118. The molecule has 0 radical (unpaired) electrons. The number of ether oxygens (including phenoxy) is 2. The minimum Gasteiger partial charge on any atom is -0.444 e. The van der Waals surface area contributed by atoms with Crippen LogP contribution in [-0.2, 0) is 39.4 Å². The van der Waals surface area contributed by atoms with Gasteiger partial charge in [0.1, 0.15) is 24.3 Å². The Morgan fingerprint density at radius 3 is 2.71 bits per heavy atom. The van der Waals surface area contributed by atoms with Crippen molar-refractivity contribution in [2.45, 2.75) is 50.7 Å². The van der Waals surface area contributed by atoms with Crippen molar-refractivity contribution in [2.75, 3.05) is 6.61 Å². The Hall–Kier alpha value is -3.39. The third-order valence-electron chi connectivity index (χ3n) is 6.90. The number of rotatable bonds is 6. The van der Waals surface area contributed by atoms with E-state index < -0.39 is 45.6 Å². The van der Waals surface area contributed by atoms with Gasteiger partial charge in [-0.15, -0.1) is 4.09 Å². The van der Waals surface area contributed by atoms with Gasteiger partial charge < -0.3 is 15.2 Å². The molecule has 0 bridgehead atoms. The molecule has 1 amide bonds. The van der Waals surface area contributed by atoms with Crippen LogP contribution in [0.4, 0.5) is 13.6 Å². The van der Waals surface area contributed by atoms with E-state index in [-0.39, 0.29) is 18.8 Å². The fourth-order valence-electron chi connectivity index (χ4n) is 4.88. The third kappa shape index (κ3) is 5.27. The van der Waals surface area contributed by atoms with Crippen molar-refractivity contribution < 1.29 is 31.5 Å². The van der Waals surface area contributed by atoms with Gasteiger partial charge in [-0.2, -0.15) is 18.2 Å². The average molecular weight is 548 g/mol. The van der Waals surface area contributed by atoms with Crippen LogP contribution in [0.5, 0.6) is 0 Å². The molecule has 3 heterocycles. The number of fused-ring (bicyclic) bond motifs is 1. The zero-order valence-electron chi connectivity index (χ0n) is 20.5. The van der Waals surface area contributed by atoms with E-state index in [9.17, 15) is 22.0 Å². The number of nitrogens with two attached hydrogens (primary N) is 1. The first-order valence-corrected chi connectivity index (χ1v) is 13.4. The summed E-state index contributed by atoms with van der Waals surface area (Å²) in [5.74, 6) is -1.15. The zero-order valence-corrected chi connectivity index (χ0v) is 21.3. The number of nitrogens with zero attached hydrogens (tertiary/aromatic N) is 3. The van der Waals surface area contributed by atoms with E-state index in [1.165, 1.54) is 6.20 Å². The molecule has 10 nitrogen and oxygen atoms in total. The number of halogens is 2. The smallest absolute Gasteiger partial charge is 0.422 e. The number of amides is 1. The zero-order chi connectivity index (χ0) is 27.1. The first-order chi connectivity index (χ1) is 18.0. The molecule has 3 aromatic rings. The van der Waals surface area contributed by atoms with Crippen molar-refractivity contribution in [1.29, 1.82) is 0 Å². The normalized spacial score (nSPS) is 23.7. The summed E-state index contributed by atoms with van der Waals surface area (Å²) >= 11 is 0. The van der Waals surface area contributed by atoms with Gasteiger partial charge in [0, 0.05) is 42.0 Å². The summed E-state index contributed by atoms with van der Waals surface area (Å²) in [7, 11) is -4.30. The molecule has 5 rings (SSSR count). The SMILES string of the molecule is C[C@]1(N2Cc3cn(S(=O)(=O)NC(=O)OCc4ccccc4)nc3C2)CO[C@H](c2cc(F)ccc2F)[C@@H](N)C1. The Kier molecular flexibility index (Phi) is 6.94. The minimum absolute atomic E-state index is 0.0811. The summed E-state index contributed by atoms with van der Waals surface area (Å²) in [5, 5.41) is 4.17. The van der Waals surface area contributed by atoms with Gasteiger partial charge in [0.05, 0.1) is 12.3 Å². The van der Waals surface area contributed by atoms with Crippen LogP contribution in [0.3, 0.4) is 0 Å². The highest BCUT2D eigenvalue weighted by Crippen LogP contribution is 2.39. The summed E-state index contributed by atoms with van der Waals surface area (Å²) < 4.78 is 66.8. The van der Waals surface area contributed by atoms with Gasteiger partial charge in [0.2, 0.25) is 0 Å². The number of hydrogen-bond donors (Lipinski definition) is 2. The predicted molar refractivity (Wildman–Crippen MR) is 132 cm³/mol. The monoisotopic (exact) mass is 547 g/mol. The van der Waals surface area contributed by atoms with Crippen molar-refractivity contribution >= 4 is 16.3 Å². The lowest BCUT2D eigenvalue weighted by Gasteiger charge is -2.46. The van der Waals surface area contributed by atoms with Gasteiger partial charge in [-0.3, -0.25) is 4.90 Å². The molecule has 1 saturated heterocycles. The molecule has 2 aliphatic rings. The van der Waals surface area contributed by atoms with Gasteiger partial charge in [0.15, 0.2) is 0 Å². The molecule has 202 valence electrons. The van der Waals surface area contributed by atoms with Gasteiger partial charge in [0.25, 0.3) is 0 Å². The Balaban J connectivity index is 1.20. The largest absolute Gasteiger partial charge is 0.444 e. The lowest BCUT2D eigenvalue weighted by Crippen LogP contribution is -2.56. The second-order valence-corrected chi connectivity index (χ2v) is 11.3. The molecule has 0 spiro atoms. The molecule has 13 heteroatoms. The fraction of sp³-hybridized carbons (Fsp3) is 0.360. The van der Waals surface area contributed by atoms with E-state index in [0.717, 1.165) is 18.2 Å². The Morgan fingerprint density at radius 1 is 1.24 bits per heavy atom. The van der Waals surface area contributed by atoms with E-state index >= 15 is 0 Å². The fourth-order valence-corrected chi connectivity index (χ4v) is 5.71. The maximum atomic E-state index is 14.3. The van der Waals surface area contributed by atoms with Crippen LogP contribution < -0.4 is 10.5 Å². The second-order valence-electron chi connectivity index (χ2n) is 9.76. The second kappa shape index (κ2) is 10.1. The van der Waals surface area contributed by atoms with Gasteiger partial charge >= 0.3 is 16.3 Å². The molecule has 2 aliphatic heterocycles. The predicted octanol–water partition coefficient (Wildman–Crippen LogP) is 2.74. The average Bonchev–Trinajstić information content (AvgIpc) is 3.46. The first-order valence-electron chi connectivity index (χ1n) is 11.9. The number of hydrogen-bond acceptors (Lipinski definition) is 8. The van der Waals surface area contributed by atoms with Crippen LogP contribution in [0.15, 0.2) is 54.7 Å². The Labute approximate surface area is 218 Å². The number of carbonyl (C=O) groups is 1. The molecule has 1 aromatic heterocycles. The lowest BCUT2D eigenvalue weighted by atomic mass is 9.85. The van der Waals surface area contributed by atoms with E-state index in [2.05, 4.69) is 10.00 Å². The van der Waals surface area contributed by atoms with Crippen LogP contribution >= 0.6 is 0 Å². The number of benzene rings is 2. The maximum Gasteiger partial charge on any atom is 0.422 e. The van der Waals surface area contributed by atoms with E-state index in [0.29, 0.717) is 40.4 Å². The number of nitrogens with one attached hydrogen (secondary N) is 1. The van der Waals surface area contributed by atoms with Crippen molar-refractivity contribution in [3.63, 3.8) is 0 Å². The highest BCUT2D eigenvalue weighted by atomic mass is 32.2. The van der Waals surface area contributed by atoms with Crippen molar-refractivity contribution in [2.24, 2.45) is 5.73 Å². The molecular weight excluding hydrogens is 520 g/mol. The maximum absolute atomic E-state index is 14.3. The van der Waals surface area contributed by atoms with Gasteiger partial charge in [-0.05, 0) is 37.1 Å². The molecular formula is C25H27F2N5O5S. The topological polar surface area (TPSA) is 129 Å². The molecule has 1 fully saturated rings. The standard InChI is InChI=1S/C25H27F2N5O5S/c1-25(10-21(28)23(37-15-25)19-9-18(26)7-8-20(19)27)31-11-17-12-32(29-22(17)13-31)38(34,35)30-24(33)36-14-16-5-3-2-4-6-16/h2-9,12,21,23H,10-11,13-15,28H2,1H3,(H,30,33)/t21-,23+,25+/m0/s1. The van der Waals surface area contributed by atoms with Gasteiger partial charge in [-0.25, -0.2) is 13.6 Å². The van der Waals surface area contributed by atoms with Crippen LogP contribution in [0, 0.1) is 11.6 Å². The molecule has 0 saturated carbocycles. The van der Waals surface area contributed by atoms with Gasteiger partial charge in [-0.1, -0.05) is 30.3 Å². The summed E-state index contributed by atoms with van der Waals surface area (Å²) in [6.45, 7) is 2.77. The molecule has 2 aromatic carbocycles. The van der Waals surface area contributed by atoms with Crippen LogP contribution in [-0.4, -0.2) is 46.8 Å². The summed E-state index contributed by atoms with van der Waals surface area (Å²) in [4.78, 5) is 14.1. The summed E-state index contributed by atoms with van der Waals surface area (Å²) in [6, 6.07) is 11.5. The highest BCUT2D eigenvalue weighted by molar-refractivity contribution is 7.88. The van der Waals surface area contributed by atoms with E-state index in [1.54, 1.807) is 24.3 Å². The quantitative estimate of drug-likeness (QED) is 0.482. The molecule has 0 aliphatic carbocycles. The summed E-state index contributed by atoms with van der Waals surface area (Å²) in [5.41, 5.74) is 7.80. The highest BCUT2D eigenvalue weighted by Gasteiger charge is 2.45. The molecule has 38 heavy (non-hydrogen) atoms. The Morgan fingerprint density at radius 2 is 2.00 bits per heavy atom.